The predicted molar refractivity (Wildman–Crippen MR) is 247 cm³/mol. The van der Waals surface area contributed by atoms with E-state index in [9.17, 15) is 14.4 Å². The Morgan fingerprint density at radius 2 is 0.586 bits per heavy atom. The molecule has 0 aromatic rings. The Balaban J connectivity index is 4.35. The monoisotopic (exact) mass is 817 g/mol. The minimum absolute atomic E-state index is 0.0748. The van der Waals surface area contributed by atoms with Crippen LogP contribution in [-0.2, 0) is 28.6 Å². The Morgan fingerprint density at radius 3 is 0.914 bits per heavy atom. The highest BCUT2D eigenvalue weighted by atomic mass is 16.6. The molecule has 0 heterocycles. The van der Waals surface area contributed by atoms with Crippen LogP contribution in [0.2, 0.25) is 0 Å². The van der Waals surface area contributed by atoms with E-state index in [0.29, 0.717) is 19.3 Å². The molecule has 6 heteroatoms. The van der Waals surface area contributed by atoms with Crippen LogP contribution in [0, 0.1) is 0 Å². The average molecular weight is 817 g/mol. The van der Waals surface area contributed by atoms with Gasteiger partial charge in [0.15, 0.2) is 6.10 Å². The molecule has 0 unspecified atom stereocenters. The molecule has 0 fully saturated rings. The molecule has 0 saturated carbocycles. The fourth-order valence-corrected chi connectivity index (χ4v) is 7.30. The molecule has 0 spiro atoms. The van der Waals surface area contributed by atoms with Crippen LogP contribution in [0.5, 0.6) is 0 Å². The quantitative estimate of drug-likeness (QED) is 0.0263. The number of hydrogen-bond donors (Lipinski definition) is 0. The van der Waals surface area contributed by atoms with E-state index in [-0.39, 0.29) is 31.1 Å². The summed E-state index contributed by atoms with van der Waals surface area (Å²) in [6.45, 7) is 6.60. The van der Waals surface area contributed by atoms with Crippen molar-refractivity contribution in [2.45, 2.75) is 277 Å². The van der Waals surface area contributed by atoms with Crippen LogP contribution >= 0.6 is 0 Å². The first-order valence-corrected chi connectivity index (χ1v) is 25.3. The number of carbonyl (C=O) groups is 3. The van der Waals surface area contributed by atoms with Crippen molar-refractivity contribution in [2.24, 2.45) is 0 Å². The van der Waals surface area contributed by atoms with Gasteiger partial charge in [0.25, 0.3) is 0 Å². The SMILES string of the molecule is CCCC/C=C\CCCCCCCC(=O)OC[C@H](COC(=O)CCCCCCC/C=C\CCCCCCCC)OC(=O)CCCCCCCCCCCCCCCC. The number of unbranched alkanes of at least 4 members (excludes halogenated alkanes) is 31. The summed E-state index contributed by atoms with van der Waals surface area (Å²) >= 11 is 0. The number of carbonyl (C=O) groups excluding carboxylic acids is 3. The fourth-order valence-electron chi connectivity index (χ4n) is 7.30. The molecule has 0 rings (SSSR count). The Kier molecular flexibility index (Phi) is 45.8. The summed E-state index contributed by atoms with van der Waals surface area (Å²) in [4.78, 5) is 37.9. The second kappa shape index (κ2) is 47.6. The van der Waals surface area contributed by atoms with Crippen molar-refractivity contribution < 1.29 is 28.6 Å². The topological polar surface area (TPSA) is 78.9 Å². The van der Waals surface area contributed by atoms with E-state index >= 15 is 0 Å². The highest BCUT2D eigenvalue weighted by Gasteiger charge is 2.19. The molecule has 0 bridgehead atoms. The van der Waals surface area contributed by atoms with Crippen molar-refractivity contribution in [1.82, 2.24) is 0 Å². The molecule has 0 aliphatic heterocycles. The van der Waals surface area contributed by atoms with Crippen molar-refractivity contribution in [3.63, 3.8) is 0 Å². The Morgan fingerprint density at radius 1 is 0.328 bits per heavy atom. The maximum Gasteiger partial charge on any atom is 0.306 e. The average Bonchev–Trinajstić information content (AvgIpc) is 3.22. The maximum absolute atomic E-state index is 12.8. The van der Waals surface area contributed by atoms with Crippen LogP contribution in [0.15, 0.2) is 24.3 Å². The number of hydrogen-bond acceptors (Lipinski definition) is 6. The first-order chi connectivity index (χ1) is 28.5. The van der Waals surface area contributed by atoms with Gasteiger partial charge in [0, 0.05) is 19.3 Å². The first-order valence-electron chi connectivity index (χ1n) is 25.3. The van der Waals surface area contributed by atoms with Crippen molar-refractivity contribution >= 4 is 17.9 Å². The van der Waals surface area contributed by atoms with Crippen LogP contribution < -0.4 is 0 Å². The number of allylic oxidation sites excluding steroid dienone is 4. The van der Waals surface area contributed by atoms with Gasteiger partial charge in [-0.05, 0) is 64.2 Å². The van der Waals surface area contributed by atoms with Gasteiger partial charge in [-0.3, -0.25) is 14.4 Å². The molecule has 0 aliphatic rings. The van der Waals surface area contributed by atoms with Crippen molar-refractivity contribution in [1.29, 1.82) is 0 Å². The molecule has 0 saturated heterocycles. The van der Waals surface area contributed by atoms with Crippen LogP contribution in [0.3, 0.4) is 0 Å². The molecular formula is C52H96O6. The third kappa shape index (κ3) is 45.0. The van der Waals surface area contributed by atoms with E-state index in [2.05, 4.69) is 45.1 Å². The molecule has 0 amide bonds. The van der Waals surface area contributed by atoms with Gasteiger partial charge in [0.2, 0.25) is 0 Å². The summed E-state index contributed by atoms with van der Waals surface area (Å²) in [6.07, 6.45) is 53.0. The third-order valence-corrected chi connectivity index (χ3v) is 11.2. The lowest BCUT2D eigenvalue weighted by molar-refractivity contribution is -0.167. The summed E-state index contributed by atoms with van der Waals surface area (Å²) in [7, 11) is 0. The number of ether oxygens (including phenoxy) is 3. The van der Waals surface area contributed by atoms with Gasteiger partial charge in [-0.2, -0.15) is 0 Å². The summed E-state index contributed by atoms with van der Waals surface area (Å²) in [5.74, 6) is -0.881. The van der Waals surface area contributed by atoms with Gasteiger partial charge in [-0.15, -0.1) is 0 Å². The Hall–Kier alpha value is -2.11. The lowest BCUT2D eigenvalue weighted by Crippen LogP contribution is -2.30. The number of rotatable bonds is 46. The Labute approximate surface area is 360 Å². The second-order valence-electron chi connectivity index (χ2n) is 17.1. The van der Waals surface area contributed by atoms with Gasteiger partial charge in [0.1, 0.15) is 13.2 Å². The van der Waals surface area contributed by atoms with Crippen LogP contribution in [0.25, 0.3) is 0 Å². The normalized spacial score (nSPS) is 12.1. The largest absolute Gasteiger partial charge is 0.462 e. The molecule has 0 N–H and O–H groups in total. The lowest BCUT2D eigenvalue weighted by Gasteiger charge is -2.18. The lowest BCUT2D eigenvalue weighted by atomic mass is 10.0. The van der Waals surface area contributed by atoms with Crippen LogP contribution in [0.4, 0.5) is 0 Å². The summed E-state index contributed by atoms with van der Waals surface area (Å²) in [6, 6.07) is 0. The number of esters is 3. The minimum atomic E-state index is -0.772. The van der Waals surface area contributed by atoms with Crippen molar-refractivity contribution in [2.75, 3.05) is 13.2 Å². The van der Waals surface area contributed by atoms with E-state index in [0.717, 1.165) is 70.6 Å². The molecule has 6 nitrogen and oxygen atoms in total. The van der Waals surface area contributed by atoms with Crippen LogP contribution in [0.1, 0.15) is 271 Å². The van der Waals surface area contributed by atoms with Crippen molar-refractivity contribution in [3.8, 4) is 0 Å². The molecule has 0 aromatic heterocycles. The zero-order valence-electron chi connectivity index (χ0n) is 38.8. The molecule has 0 aliphatic carbocycles. The standard InChI is InChI=1S/C52H96O6/c1-4-7-10-13-16-19-22-24-26-28-30-33-36-39-42-45-51(54)57-48-49(47-56-50(53)44-41-38-35-32-29-21-18-15-12-9-6-3)58-52(55)46-43-40-37-34-31-27-25-23-20-17-14-11-8-5-2/h15,18,24,26,49H,4-14,16-17,19-23,25,27-48H2,1-3H3/b18-15-,26-24-/t49-/m1/s1. The van der Waals surface area contributed by atoms with Gasteiger partial charge in [0.05, 0.1) is 0 Å². The zero-order valence-corrected chi connectivity index (χ0v) is 38.8. The van der Waals surface area contributed by atoms with E-state index in [4.69, 9.17) is 14.2 Å². The molecule has 1 atom stereocenters. The summed E-state index contributed by atoms with van der Waals surface area (Å²) in [5, 5.41) is 0. The van der Waals surface area contributed by atoms with E-state index in [1.54, 1.807) is 0 Å². The van der Waals surface area contributed by atoms with Gasteiger partial charge in [-0.25, -0.2) is 0 Å². The Bertz CT molecular complexity index is 942. The second-order valence-corrected chi connectivity index (χ2v) is 17.1. The predicted octanol–water partition coefficient (Wildman–Crippen LogP) is 16.4. The fraction of sp³-hybridized carbons (Fsp3) is 0.865. The third-order valence-electron chi connectivity index (χ3n) is 11.2. The van der Waals surface area contributed by atoms with Crippen LogP contribution in [-0.4, -0.2) is 37.2 Å². The maximum atomic E-state index is 12.8. The van der Waals surface area contributed by atoms with Gasteiger partial charge in [-0.1, -0.05) is 212 Å². The van der Waals surface area contributed by atoms with Crippen molar-refractivity contribution in [3.05, 3.63) is 24.3 Å². The van der Waals surface area contributed by atoms with Gasteiger partial charge < -0.3 is 14.2 Å². The molecule has 0 aromatic carbocycles. The van der Waals surface area contributed by atoms with Gasteiger partial charge >= 0.3 is 17.9 Å². The molecule has 340 valence electrons. The highest BCUT2D eigenvalue weighted by Crippen LogP contribution is 2.15. The molecule has 0 radical (unpaired) electrons. The first kappa shape index (κ1) is 55.9. The van der Waals surface area contributed by atoms with E-state index in [1.807, 2.05) is 0 Å². The molecule has 58 heavy (non-hydrogen) atoms. The minimum Gasteiger partial charge on any atom is -0.462 e. The highest BCUT2D eigenvalue weighted by molar-refractivity contribution is 5.71. The zero-order chi connectivity index (χ0) is 42.3. The smallest absolute Gasteiger partial charge is 0.306 e. The van der Waals surface area contributed by atoms with E-state index < -0.39 is 6.10 Å². The summed E-state index contributed by atoms with van der Waals surface area (Å²) in [5.41, 5.74) is 0. The van der Waals surface area contributed by atoms with E-state index in [1.165, 1.54) is 161 Å². The summed E-state index contributed by atoms with van der Waals surface area (Å²) < 4.78 is 16.8. The molecular weight excluding hydrogens is 721 g/mol.